The van der Waals surface area contributed by atoms with E-state index in [-0.39, 0.29) is 18.1 Å². The van der Waals surface area contributed by atoms with Crippen LogP contribution in [0, 0.1) is 0 Å². The summed E-state index contributed by atoms with van der Waals surface area (Å²) in [6.45, 7) is 5.71. The summed E-state index contributed by atoms with van der Waals surface area (Å²) in [5.74, 6) is 0.820. The van der Waals surface area contributed by atoms with Crippen molar-refractivity contribution < 1.29 is 14.3 Å². The molecule has 1 saturated heterocycles. The molecule has 4 heteroatoms. The first-order chi connectivity index (χ1) is 11.6. The van der Waals surface area contributed by atoms with Crippen LogP contribution in [0.5, 0.6) is 5.75 Å². The molecule has 1 aliphatic heterocycles. The maximum absolute atomic E-state index is 12.7. The van der Waals surface area contributed by atoms with Crippen LogP contribution in [-0.4, -0.2) is 36.6 Å². The first-order valence-electron chi connectivity index (χ1n) is 8.36. The number of rotatable bonds is 4. The second-order valence-corrected chi connectivity index (χ2v) is 6.21. The monoisotopic (exact) mass is 325 g/mol. The van der Waals surface area contributed by atoms with Gasteiger partial charge in [0.05, 0.1) is 19.3 Å². The third-order valence-electron chi connectivity index (χ3n) is 4.00. The van der Waals surface area contributed by atoms with E-state index in [0.717, 1.165) is 11.3 Å². The van der Waals surface area contributed by atoms with Crippen molar-refractivity contribution in [3.63, 3.8) is 0 Å². The quantitative estimate of drug-likeness (QED) is 0.860. The molecule has 0 spiro atoms. The van der Waals surface area contributed by atoms with Gasteiger partial charge in [-0.05, 0) is 43.7 Å². The van der Waals surface area contributed by atoms with Crippen LogP contribution < -0.4 is 4.74 Å². The average Bonchev–Trinajstić information content (AvgIpc) is 2.62. The molecule has 0 aromatic heterocycles. The predicted molar refractivity (Wildman–Crippen MR) is 93.2 cm³/mol. The Bertz CT molecular complexity index is 667. The average molecular weight is 325 g/mol. The van der Waals surface area contributed by atoms with E-state index in [9.17, 15) is 4.79 Å². The van der Waals surface area contributed by atoms with Gasteiger partial charge in [-0.3, -0.25) is 4.79 Å². The van der Waals surface area contributed by atoms with E-state index in [1.54, 1.807) is 0 Å². The van der Waals surface area contributed by atoms with Crippen LogP contribution in [-0.2, 0) is 4.74 Å². The van der Waals surface area contributed by atoms with Crippen LogP contribution in [0.2, 0.25) is 0 Å². The minimum absolute atomic E-state index is 0.0373. The van der Waals surface area contributed by atoms with Gasteiger partial charge in [-0.15, -0.1) is 0 Å². The lowest BCUT2D eigenvalue weighted by Crippen LogP contribution is -2.42. The Morgan fingerprint density at radius 3 is 2.50 bits per heavy atom. The summed E-state index contributed by atoms with van der Waals surface area (Å²) in [4.78, 5) is 14.6. The maximum Gasteiger partial charge on any atom is 0.254 e. The Morgan fingerprint density at radius 2 is 1.83 bits per heavy atom. The molecule has 1 amide bonds. The lowest BCUT2D eigenvalue weighted by Gasteiger charge is -2.33. The highest BCUT2D eigenvalue weighted by Gasteiger charge is 2.26. The van der Waals surface area contributed by atoms with E-state index in [1.165, 1.54) is 0 Å². The van der Waals surface area contributed by atoms with Crippen molar-refractivity contribution in [2.75, 3.05) is 19.7 Å². The van der Waals surface area contributed by atoms with Gasteiger partial charge < -0.3 is 14.4 Å². The molecule has 24 heavy (non-hydrogen) atoms. The van der Waals surface area contributed by atoms with Gasteiger partial charge in [0, 0.05) is 12.1 Å². The first-order valence-corrected chi connectivity index (χ1v) is 8.36. The van der Waals surface area contributed by atoms with E-state index in [4.69, 9.17) is 9.47 Å². The van der Waals surface area contributed by atoms with E-state index >= 15 is 0 Å². The number of hydrogen-bond acceptors (Lipinski definition) is 3. The van der Waals surface area contributed by atoms with Gasteiger partial charge in [0.15, 0.2) is 0 Å². The highest BCUT2D eigenvalue weighted by atomic mass is 16.5. The van der Waals surface area contributed by atoms with Gasteiger partial charge in [-0.25, -0.2) is 0 Å². The fourth-order valence-corrected chi connectivity index (χ4v) is 2.83. The largest absolute Gasteiger partial charge is 0.491 e. The van der Waals surface area contributed by atoms with Crippen molar-refractivity contribution in [1.82, 2.24) is 4.90 Å². The molecule has 0 N–H and O–H groups in total. The van der Waals surface area contributed by atoms with Crippen LogP contribution in [0.3, 0.4) is 0 Å². The smallest absolute Gasteiger partial charge is 0.254 e. The molecule has 0 saturated carbocycles. The Hall–Kier alpha value is -2.33. The highest BCUT2D eigenvalue weighted by molar-refractivity contribution is 5.94. The molecule has 0 radical (unpaired) electrons. The van der Waals surface area contributed by atoms with Gasteiger partial charge in [0.1, 0.15) is 11.9 Å². The Labute approximate surface area is 143 Å². The molecule has 1 aliphatic rings. The minimum atomic E-state index is -0.0625. The van der Waals surface area contributed by atoms with E-state index < -0.39 is 0 Å². The molecular weight excluding hydrogens is 302 g/mol. The molecule has 3 rings (SSSR count). The van der Waals surface area contributed by atoms with Crippen molar-refractivity contribution in [2.24, 2.45) is 0 Å². The van der Waals surface area contributed by atoms with Crippen molar-refractivity contribution in [2.45, 2.75) is 26.1 Å². The predicted octanol–water partition coefficient (Wildman–Crippen LogP) is 3.69. The maximum atomic E-state index is 12.7. The number of morpholine rings is 1. The summed E-state index contributed by atoms with van der Waals surface area (Å²) < 4.78 is 11.5. The van der Waals surface area contributed by atoms with Gasteiger partial charge in [-0.2, -0.15) is 0 Å². The lowest BCUT2D eigenvalue weighted by molar-refractivity contribution is -0.0228. The zero-order valence-electron chi connectivity index (χ0n) is 14.1. The van der Waals surface area contributed by atoms with Crippen LogP contribution in [0.15, 0.2) is 54.6 Å². The zero-order chi connectivity index (χ0) is 16.9. The first kappa shape index (κ1) is 16.5. The number of carbonyl (C=O) groups excluding carboxylic acids is 1. The van der Waals surface area contributed by atoms with Crippen LogP contribution in [0.4, 0.5) is 0 Å². The number of carbonyl (C=O) groups is 1. The molecule has 2 aromatic carbocycles. The lowest BCUT2D eigenvalue weighted by atomic mass is 10.1. The molecule has 0 aliphatic carbocycles. The summed E-state index contributed by atoms with van der Waals surface area (Å²) >= 11 is 0. The topological polar surface area (TPSA) is 38.8 Å². The van der Waals surface area contributed by atoms with Crippen LogP contribution >= 0.6 is 0 Å². The van der Waals surface area contributed by atoms with Gasteiger partial charge in [0.25, 0.3) is 5.91 Å². The van der Waals surface area contributed by atoms with Crippen LogP contribution in [0.25, 0.3) is 0 Å². The molecule has 2 aromatic rings. The number of hydrogen-bond donors (Lipinski definition) is 0. The Kier molecular flexibility index (Phi) is 5.16. The summed E-state index contributed by atoms with van der Waals surface area (Å²) in [7, 11) is 0. The fourth-order valence-electron chi connectivity index (χ4n) is 2.83. The summed E-state index contributed by atoms with van der Waals surface area (Å²) in [5.41, 5.74) is 1.79. The summed E-state index contributed by atoms with van der Waals surface area (Å²) in [6, 6.07) is 17.4. The number of benzene rings is 2. The normalized spacial score (nSPS) is 17.8. The second-order valence-electron chi connectivity index (χ2n) is 6.21. The van der Waals surface area contributed by atoms with Gasteiger partial charge in [-0.1, -0.05) is 30.3 Å². The number of ether oxygens (including phenoxy) is 2. The van der Waals surface area contributed by atoms with Gasteiger partial charge in [0.2, 0.25) is 0 Å². The molecule has 0 bridgehead atoms. The van der Waals surface area contributed by atoms with Crippen molar-refractivity contribution in [3.8, 4) is 5.75 Å². The summed E-state index contributed by atoms with van der Waals surface area (Å²) in [5, 5.41) is 0. The van der Waals surface area contributed by atoms with Crippen molar-refractivity contribution >= 4 is 5.91 Å². The fraction of sp³-hybridized carbons (Fsp3) is 0.350. The second kappa shape index (κ2) is 7.49. The molecule has 126 valence electrons. The van der Waals surface area contributed by atoms with Gasteiger partial charge >= 0.3 is 0 Å². The minimum Gasteiger partial charge on any atom is -0.491 e. The van der Waals surface area contributed by atoms with E-state index in [0.29, 0.717) is 25.3 Å². The Morgan fingerprint density at radius 1 is 1.12 bits per heavy atom. The zero-order valence-corrected chi connectivity index (χ0v) is 14.1. The number of nitrogens with zero attached hydrogens (tertiary/aromatic N) is 1. The third-order valence-corrected chi connectivity index (χ3v) is 4.00. The number of amides is 1. The third kappa shape index (κ3) is 3.95. The SMILES string of the molecule is CC(C)Oc1ccc(C(=O)N2CCO[C@H](c3ccccc3)C2)cc1. The standard InChI is InChI=1S/C20H23NO3/c1-15(2)24-18-10-8-17(9-11-18)20(22)21-12-13-23-19(14-21)16-6-4-3-5-7-16/h3-11,15,19H,12-14H2,1-2H3/t19-/m0/s1. The molecule has 4 nitrogen and oxygen atoms in total. The molecule has 1 atom stereocenters. The van der Waals surface area contributed by atoms with E-state index in [2.05, 4.69) is 0 Å². The molecular formula is C20H23NO3. The highest BCUT2D eigenvalue weighted by Crippen LogP contribution is 2.23. The molecule has 1 fully saturated rings. The summed E-state index contributed by atoms with van der Waals surface area (Å²) in [6.07, 6.45) is 0.0601. The van der Waals surface area contributed by atoms with Crippen LogP contribution in [0.1, 0.15) is 35.9 Å². The van der Waals surface area contributed by atoms with Crippen molar-refractivity contribution in [1.29, 1.82) is 0 Å². The Balaban J connectivity index is 1.68. The van der Waals surface area contributed by atoms with E-state index in [1.807, 2.05) is 73.3 Å². The molecule has 0 unspecified atom stereocenters. The molecule has 1 heterocycles. The van der Waals surface area contributed by atoms with Crippen molar-refractivity contribution in [3.05, 3.63) is 65.7 Å².